The highest BCUT2D eigenvalue weighted by molar-refractivity contribution is 5.79. The van der Waals surface area contributed by atoms with Gasteiger partial charge in [-0.3, -0.25) is 4.79 Å². The number of carbonyl (C=O) groups is 1. The van der Waals surface area contributed by atoms with E-state index in [1.54, 1.807) is 6.92 Å². The van der Waals surface area contributed by atoms with Crippen LogP contribution < -0.4 is 0 Å². The van der Waals surface area contributed by atoms with Crippen LogP contribution in [-0.4, -0.2) is 12.1 Å². The SMILES string of the molecule is CC[C@H]1[C@@H](OC(C)=O)C2C3CC[C@H]([C@H](C)CC=C(c4ccccc4)c4ccccc4)[C@@]3(C)CCC2[C@@]2(C)CCCC[C@@H]12. The van der Waals surface area contributed by atoms with Gasteiger partial charge in [0.1, 0.15) is 6.10 Å². The second-order valence-corrected chi connectivity index (χ2v) is 15.1. The maximum atomic E-state index is 12.6. The van der Waals surface area contributed by atoms with E-state index in [0.717, 1.165) is 12.8 Å². The Morgan fingerprint density at radius 1 is 0.857 bits per heavy atom. The zero-order valence-corrected chi connectivity index (χ0v) is 26.9. The lowest BCUT2D eigenvalue weighted by Crippen LogP contribution is -2.62. The first-order chi connectivity index (χ1) is 20.3. The molecule has 4 saturated carbocycles. The molecule has 0 saturated heterocycles. The molecule has 42 heavy (non-hydrogen) atoms. The van der Waals surface area contributed by atoms with Crippen LogP contribution in [0.1, 0.15) is 110 Å². The van der Waals surface area contributed by atoms with Gasteiger partial charge in [-0.25, -0.2) is 0 Å². The average Bonchev–Trinajstić information content (AvgIpc) is 3.35. The molecule has 2 nitrogen and oxygen atoms in total. The number of carbonyl (C=O) groups excluding carboxylic acids is 1. The van der Waals surface area contributed by atoms with Crippen molar-refractivity contribution in [3.8, 4) is 0 Å². The standard InChI is InChI=1S/C40H54O2/c1-6-31-34-19-13-14-25-39(34,4)36-24-26-40(5)33(22-23-35(40)37(36)38(31)42-28(3)41)27(2)20-21-32(29-15-9-7-10-16-29)30-17-11-8-12-18-30/h7-12,15-18,21,27,31,33-38H,6,13-14,19-20,22-26H2,1-5H3/t27-,31-,33-,34+,35?,36?,37?,38-,39+,40-/m1/s1. The summed E-state index contributed by atoms with van der Waals surface area (Å²) in [6.07, 6.45) is 15.6. The number of hydrogen-bond acceptors (Lipinski definition) is 2. The summed E-state index contributed by atoms with van der Waals surface area (Å²) in [4.78, 5) is 12.6. The largest absolute Gasteiger partial charge is 0.462 e. The predicted octanol–water partition coefficient (Wildman–Crippen LogP) is 10.4. The van der Waals surface area contributed by atoms with Crippen molar-refractivity contribution < 1.29 is 9.53 Å². The molecule has 2 aromatic rings. The Bertz CT molecular complexity index is 1210. The van der Waals surface area contributed by atoms with Crippen LogP contribution in [0.3, 0.4) is 0 Å². The van der Waals surface area contributed by atoms with Gasteiger partial charge in [-0.05, 0) is 114 Å². The Balaban J connectivity index is 1.29. The van der Waals surface area contributed by atoms with E-state index in [0.29, 0.717) is 52.3 Å². The Kier molecular flexibility index (Phi) is 8.47. The van der Waals surface area contributed by atoms with Gasteiger partial charge in [0.15, 0.2) is 0 Å². The third kappa shape index (κ3) is 5.09. The van der Waals surface area contributed by atoms with Crippen LogP contribution in [0.25, 0.3) is 5.57 Å². The molecule has 2 aromatic carbocycles. The first kappa shape index (κ1) is 29.7. The quantitative estimate of drug-likeness (QED) is 0.312. The molecule has 4 aliphatic rings. The summed E-state index contributed by atoms with van der Waals surface area (Å²) >= 11 is 0. The van der Waals surface area contributed by atoms with E-state index in [2.05, 4.69) is 94.4 Å². The van der Waals surface area contributed by atoms with E-state index in [1.807, 2.05) is 0 Å². The van der Waals surface area contributed by atoms with Crippen LogP contribution in [0.4, 0.5) is 0 Å². The molecule has 0 aliphatic heterocycles. The third-order valence-electron chi connectivity index (χ3n) is 13.2. The lowest BCUT2D eigenvalue weighted by Gasteiger charge is -2.64. The van der Waals surface area contributed by atoms with Crippen molar-refractivity contribution in [3.63, 3.8) is 0 Å². The number of rotatable bonds is 7. The molecule has 2 heteroatoms. The van der Waals surface area contributed by atoms with E-state index >= 15 is 0 Å². The Morgan fingerprint density at radius 2 is 1.50 bits per heavy atom. The van der Waals surface area contributed by atoms with Crippen molar-refractivity contribution in [1.82, 2.24) is 0 Å². The fourth-order valence-corrected chi connectivity index (χ4v) is 11.4. The van der Waals surface area contributed by atoms with Crippen molar-refractivity contribution in [2.24, 2.45) is 52.3 Å². The Labute approximate surface area is 255 Å². The highest BCUT2D eigenvalue weighted by atomic mass is 16.5. The molecule has 3 unspecified atom stereocenters. The third-order valence-corrected chi connectivity index (χ3v) is 13.2. The highest BCUT2D eigenvalue weighted by Gasteiger charge is 2.65. The number of fused-ring (bicyclic) bond motifs is 5. The van der Waals surface area contributed by atoms with E-state index in [-0.39, 0.29) is 12.1 Å². The summed E-state index contributed by atoms with van der Waals surface area (Å²) in [6, 6.07) is 21.8. The van der Waals surface area contributed by atoms with Gasteiger partial charge >= 0.3 is 5.97 Å². The van der Waals surface area contributed by atoms with E-state index in [1.165, 1.54) is 68.1 Å². The van der Waals surface area contributed by atoms with Gasteiger partial charge in [0, 0.05) is 12.8 Å². The lowest BCUT2D eigenvalue weighted by atomic mass is 9.41. The highest BCUT2D eigenvalue weighted by Crippen LogP contribution is 2.70. The Hall–Kier alpha value is -2.35. The van der Waals surface area contributed by atoms with Crippen molar-refractivity contribution in [3.05, 3.63) is 77.9 Å². The van der Waals surface area contributed by atoms with Gasteiger partial charge in [-0.1, -0.05) is 107 Å². The fraction of sp³-hybridized carbons (Fsp3) is 0.625. The molecule has 4 aliphatic carbocycles. The molecule has 6 rings (SSSR count). The number of hydrogen-bond donors (Lipinski definition) is 0. The molecule has 0 aromatic heterocycles. The van der Waals surface area contributed by atoms with Crippen molar-refractivity contribution in [1.29, 1.82) is 0 Å². The lowest BCUT2D eigenvalue weighted by molar-refractivity contribution is -0.210. The molecule has 0 radical (unpaired) electrons. The summed E-state index contributed by atoms with van der Waals surface area (Å²) in [5, 5.41) is 0. The number of benzene rings is 2. The summed E-state index contributed by atoms with van der Waals surface area (Å²) in [6.45, 7) is 11.8. The van der Waals surface area contributed by atoms with Gasteiger partial charge in [-0.15, -0.1) is 0 Å². The molecular weight excluding hydrogens is 512 g/mol. The van der Waals surface area contributed by atoms with E-state index < -0.39 is 0 Å². The molecule has 0 spiro atoms. The summed E-state index contributed by atoms with van der Waals surface area (Å²) in [5.74, 6) is 4.37. The summed E-state index contributed by atoms with van der Waals surface area (Å²) in [5.41, 5.74) is 4.70. The molecule has 0 bridgehead atoms. The molecular formula is C40H54O2. The van der Waals surface area contributed by atoms with Crippen LogP contribution in [0.5, 0.6) is 0 Å². The summed E-state index contributed by atoms with van der Waals surface area (Å²) in [7, 11) is 0. The molecule has 0 heterocycles. The maximum absolute atomic E-state index is 12.6. The van der Waals surface area contributed by atoms with Crippen LogP contribution in [0.2, 0.25) is 0 Å². The maximum Gasteiger partial charge on any atom is 0.302 e. The first-order valence-electron chi connectivity index (χ1n) is 17.3. The fourth-order valence-electron chi connectivity index (χ4n) is 11.4. The van der Waals surface area contributed by atoms with Crippen molar-refractivity contribution in [2.45, 2.75) is 105 Å². The number of ether oxygens (including phenoxy) is 1. The minimum absolute atomic E-state index is 0.0636. The van der Waals surface area contributed by atoms with Gasteiger partial charge < -0.3 is 4.74 Å². The minimum Gasteiger partial charge on any atom is -0.462 e. The number of esters is 1. The molecule has 226 valence electrons. The van der Waals surface area contributed by atoms with Gasteiger partial charge in [-0.2, -0.15) is 0 Å². The van der Waals surface area contributed by atoms with Gasteiger partial charge in [0.25, 0.3) is 0 Å². The zero-order valence-electron chi connectivity index (χ0n) is 26.9. The second-order valence-electron chi connectivity index (χ2n) is 15.1. The molecule has 0 amide bonds. The minimum atomic E-state index is -0.0636. The molecule has 0 N–H and O–H groups in total. The van der Waals surface area contributed by atoms with Crippen LogP contribution in [-0.2, 0) is 9.53 Å². The van der Waals surface area contributed by atoms with E-state index in [4.69, 9.17) is 4.74 Å². The average molecular weight is 567 g/mol. The first-order valence-corrected chi connectivity index (χ1v) is 17.3. The van der Waals surface area contributed by atoms with Crippen LogP contribution >= 0.6 is 0 Å². The summed E-state index contributed by atoms with van der Waals surface area (Å²) < 4.78 is 6.44. The van der Waals surface area contributed by atoms with Crippen molar-refractivity contribution >= 4 is 11.5 Å². The van der Waals surface area contributed by atoms with Crippen molar-refractivity contribution in [2.75, 3.05) is 0 Å². The topological polar surface area (TPSA) is 26.3 Å². The predicted molar refractivity (Wildman–Crippen MR) is 174 cm³/mol. The monoisotopic (exact) mass is 566 g/mol. The van der Waals surface area contributed by atoms with Gasteiger partial charge in [0.2, 0.25) is 0 Å². The Morgan fingerprint density at radius 3 is 2.12 bits per heavy atom. The van der Waals surface area contributed by atoms with Crippen LogP contribution in [0, 0.1) is 52.3 Å². The van der Waals surface area contributed by atoms with E-state index in [9.17, 15) is 4.79 Å². The molecule has 10 atom stereocenters. The smallest absolute Gasteiger partial charge is 0.302 e. The van der Waals surface area contributed by atoms with Crippen LogP contribution in [0.15, 0.2) is 66.7 Å². The molecule has 4 fully saturated rings. The van der Waals surface area contributed by atoms with Gasteiger partial charge in [0.05, 0.1) is 0 Å². The normalized spacial score (nSPS) is 38.0. The zero-order chi connectivity index (χ0) is 29.5. The second kappa shape index (κ2) is 12.0. The number of allylic oxidation sites excluding steroid dienone is 1.